The summed E-state index contributed by atoms with van der Waals surface area (Å²) < 4.78 is 0. The first kappa shape index (κ1) is 9.25. The first-order chi connectivity index (χ1) is 6.50. The van der Waals surface area contributed by atoms with Crippen molar-refractivity contribution in [3.63, 3.8) is 0 Å². The maximum Gasteiger partial charge on any atom is 0.0653 e. The highest BCUT2D eigenvalue weighted by molar-refractivity contribution is 5.82. The fraction of sp³-hybridized carbons (Fsp3) is 0.417. The number of aryl methyl sites for hydroxylation is 1. The van der Waals surface area contributed by atoms with E-state index >= 15 is 0 Å². The predicted molar refractivity (Wildman–Crippen MR) is 59.5 cm³/mol. The van der Waals surface area contributed by atoms with E-state index in [4.69, 9.17) is 0 Å². The zero-order chi connectivity index (χ0) is 10.3. The normalized spacial score (nSPS) is 12.3. The average molecular weight is 188 g/mol. The Hall–Kier alpha value is -1.31. The van der Waals surface area contributed by atoms with Crippen LogP contribution in [0.4, 0.5) is 0 Å². The number of nitrogens with one attached hydrogen (secondary N) is 1. The van der Waals surface area contributed by atoms with Gasteiger partial charge in [0.1, 0.15) is 0 Å². The molecule has 0 aliphatic rings. The summed E-state index contributed by atoms with van der Waals surface area (Å²) in [6.45, 7) is 8.88. The number of fused-ring (bicyclic) bond motifs is 1. The van der Waals surface area contributed by atoms with Crippen LogP contribution in [-0.2, 0) is 5.41 Å². The van der Waals surface area contributed by atoms with Crippen molar-refractivity contribution in [3.05, 3.63) is 29.5 Å². The number of benzene rings is 1. The largest absolute Gasteiger partial charge is 0.278 e. The molecule has 0 amide bonds. The van der Waals surface area contributed by atoms with Crippen LogP contribution in [0.2, 0.25) is 0 Å². The van der Waals surface area contributed by atoms with Crippen LogP contribution in [-0.4, -0.2) is 10.2 Å². The molecule has 74 valence electrons. The maximum atomic E-state index is 4.06. The second-order valence-electron chi connectivity index (χ2n) is 4.82. The van der Waals surface area contributed by atoms with Crippen molar-refractivity contribution in [2.24, 2.45) is 0 Å². The molecule has 0 radical (unpaired) electrons. The van der Waals surface area contributed by atoms with E-state index in [0.717, 1.165) is 5.52 Å². The summed E-state index contributed by atoms with van der Waals surface area (Å²) >= 11 is 0. The molecule has 0 bridgehead atoms. The van der Waals surface area contributed by atoms with Gasteiger partial charge in [-0.1, -0.05) is 26.8 Å². The zero-order valence-electron chi connectivity index (χ0n) is 9.18. The predicted octanol–water partition coefficient (Wildman–Crippen LogP) is 3.17. The van der Waals surface area contributed by atoms with Crippen LogP contribution in [0.5, 0.6) is 0 Å². The Kier molecular flexibility index (Phi) is 1.88. The minimum Gasteiger partial charge on any atom is -0.278 e. The number of hydrogen-bond acceptors (Lipinski definition) is 1. The number of hydrogen-bond donors (Lipinski definition) is 1. The van der Waals surface area contributed by atoms with E-state index in [1.54, 1.807) is 0 Å². The van der Waals surface area contributed by atoms with Gasteiger partial charge in [-0.05, 0) is 29.5 Å². The van der Waals surface area contributed by atoms with Gasteiger partial charge < -0.3 is 0 Å². The summed E-state index contributed by atoms with van der Waals surface area (Å²) in [5.41, 5.74) is 4.06. The van der Waals surface area contributed by atoms with E-state index in [2.05, 4.69) is 50.0 Å². The van der Waals surface area contributed by atoms with E-state index in [9.17, 15) is 0 Å². The van der Waals surface area contributed by atoms with Crippen LogP contribution in [0.25, 0.3) is 10.9 Å². The summed E-state index contributed by atoms with van der Waals surface area (Å²) in [6, 6.07) is 4.30. The molecule has 0 aliphatic heterocycles. The Bertz CT molecular complexity index is 461. The third kappa shape index (κ3) is 1.31. The fourth-order valence-electron chi connectivity index (χ4n) is 1.97. The second-order valence-corrected chi connectivity index (χ2v) is 4.82. The number of rotatable bonds is 0. The van der Waals surface area contributed by atoms with Crippen molar-refractivity contribution in [2.45, 2.75) is 33.1 Å². The van der Waals surface area contributed by atoms with Crippen LogP contribution in [0, 0.1) is 6.92 Å². The molecule has 2 heteroatoms. The third-order valence-corrected chi connectivity index (χ3v) is 2.70. The van der Waals surface area contributed by atoms with Crippen molar-refractivity contribution in [1.29, 1.82) is 0 Å². The van der Waals surface area contributed by atoms with Crippen molar-refractivity contribution in [1.82, 2.24) is 10.2 Å². The van der Waals surface area contributed by atoms with E-state index < -0.39 is 0 Å². The molecule has 0 saturated heterocycles. The highest BCUT2D eigenvalue weighted by Gasteiger charge is 2.17. The molecule has 14 heavy (non-hydrogen) atoms. The zero-order valence-corrected chi connectivity index (χ0v) is 9.18. The maximum absolute atomic E-state index is 4.06. The Morgan fingerprint density at radius 3 is 2.57 bits per heavy atom. The van der Waals surface area contributed by atoms with Crippen molar-refractivity contribution in [3.8, 4) is 0 Å². The van der Waals surface area contributed by atoms with Gasteiger partial charge in [0, 0.05) is 5.39 Å². The monoisotopic (exact) mass is 188 g/mol. The molecule has 2 rings (SSSR count). The van der Waals surface area contributed by atoms with Gasteiger partial charge in [0.2, 0.25) is 0 Å². The molecule has 0 atom stereocenters. The van der Waals surface area contributed by atoms with E-state index in [1.807, 2.05) is 6.20 Å². The summed E-state index contributed by atoms with van der Waals surface area (Å²) in [4.78, 5) is 0. The van der Waals surface area contributed by atoms with Crippen LogP contribution in [0.15, 0.2) is 18.3 Å². The molecule has 1 aromatic heterocycles. The highest BCUT2D eigenvalue weighted by atomic mass is 15.1. The Labute approximate surface area is 84.3 Å². The summed E-state index contributed by atoms with van der Waals surface area (Å²) in [7, 11) is 0. The van der Waals surface area contributed by atoms with Gasteiger partial charge in [0.25, 0.3) is 0 Å². The fourth-order valence-corrected chi connectivity index (χ4v) is 1.97. The lowest BCUT2D eigenvalue weighted by atomic mass is 9.83. The Morgan fingerprint density at radius 1 is 1.21 bits per heavy atom. The highest BCUT2D eigenvalue weighted by Crippen LogP contribution is 2.29. The molecule has 1 N–H and O–H groups in total. The lowest BCUT2D eigenvalue weighted by molar-refractivity contribution is 0.587. The molecule has 0 fully saturated rings. The first-order valence-corrected chi connectivity index (χ1v) is 4.93. The van der Waals surface area contributed by atoms with Crippen LogP contribution in [0.1, 0.15) is 31.9 Å². The van der Waals surface area contributed by atoms with Gasteiger partial charge in [0.15, 0.2) is 0 Å². The van der Waals surface area contributed by atoms with E-state index in [1.165, 1.54) is 16.5 Å². The molecule has 2 aromatic rings. The van der Waals surface area contributed by atoms with Crippen LogP contribution in [0.3, 0.4) is 0 Å². The number of H-pyrrole nitrogens is 1. The molecular weight excluding hydrogens is 172 g/mol. The SMILES string of the molecule is Cc1c(C(C)(C)C)ccc2[nH]ncc12. The molecule has 2 nitrogen and oxygen atoms in total. The first-order valence-electron chi connectivity index (χ1n) is 4.93. The van der Waals surface area contributed by atoms with Crippen LogP contribution >= 0.6 is 0 Å². The molecular formula is C12H16N2. The second kappa shape index (κ2) is 2.84. The lowest BCUT2D eigenvalue weighted by Crippen LogP contribution is -2.12. The average Bonchev–Trinajstić information content (AvgIpc) is 2.50. The summed E-state index contributed by atoms with van der Waals surface area (Å²) in [6.07, 6.45) is 1.90. The number of aromatic amines is 1. The van der Waals surface area contributed by atoms with Crippen molar-refractivity contribution < 1.29 is 0 Å². The molecule has 0 unspecified atom stereocenters. The minimum atomic E-state index is 0.204. The molecule has 0 saturated carbocycles. The quantitative estimate of drug-likeness (QED) is 0.676. The van der Waals surface area contributed by atoms with Gasteiger partial charge in [-0.25, -0.2) is 0 Å². The van der Waals surface area contributed by atoms with Gasteiger partial charge in [-0.2, -0.15) is 5.10 Å². The third-order valence-electron chi connectivity index (χ3n) is 2.70. The standard InChI is InChI=1S/C12H16N2/c1-8-9-7-13-14-11(9)6-5-10(8)12(2,3)4/h5-7H,1-4H3,(H,13,14). The Balaban J connectivity index is 2.74. The molecule has 1 heterocycles. The van der Waals surface area contributed by atoms with Crippen molar-refractivity contribution >= 4 is 10.9 Å². The summed E-state index contributed by atoms with van der Waals surface area (Å²) in [5, 5.41) is 8.28. The molecule has 1 aromatic carbocycles. The molecule has 0 spiro atoms. The van der Waals surface area contributed by atoms with E-state index in [0.29, 0.717) is 0 Å². The van der Waals surface area contributed by atoms with Crippen molar-refractivity contribution in [2.75, 3.05) is 0 Å². The molecule has 0 aliphatic carbocycles. The number of nitrogens with zero attached hydrogens (tertiary/aromatic N) is 1. The van der Waals surface area contributed by atoms with Gasteiger partial charge in [-0.3, -0.25) is 5.10 Å². The van der Waals surface area contributed by atoms with Gasteiger partial charge >= 0.3 is 0 Å². The van der Waals surface area contributed by atoms with Crippen LogP contribution < -0.4 is 0 Å². The Morgan fingerprint density at radius 2 is 1.93 bits per heavy atom. The smallest absolute Gasteiger partial charge is 0.0653 e. The summed E-state index contributed by atoms with van der Waals surface area (Å²) in [5.74, 6) is 0. The lowest BCUT2D eigenvalue weighted by Gasteiger charge is -2.21. The topological polar surface area (TPSA) is 28.7 Å². The number of aromatic nitrogens is 2. The minimum absolute atomic E-state index is 0.204. The van der Waals surface area contributed by atoms with Gasteiger partial charge in [-0.15, -0.1) is 0 Å². The van der Waals surface area contributed by atoms with E-state index in [-0.39, 0.29) is 5.41 Å². The van der Waals surface area contributed by atoms with Gasteiger partial charge in [0.05, 0.1) is 11.7 Å².